The van der Waals surface area contributed by atoms with Gasteiger partial charge in [0.2, 0.25) is 11.8 Å². The molecular weight excluding hydrogens is 388 g/mol. The number of hydrogen-bond donors (Lipinski definition) is 0. The molecule has 2 aromatic rings. The van der Waals surface area contributed by atoms with Crippen LogP contribution in [0.2, 0.25) is 0 Å². The van der Waals surface area contributed by atoms with Crippen molar-refractivity contribution in [2.75, 3.05) is 30.0 Å². The first-order chi connectivity index (χ1) is 14.0. The summed E-state index contributed by atoms with van der Waals surface area (Å²) in [5.74, 6) is -0.970. The van der Waals surface area contributed by atoms with Crippen molar-refractivity contribution < 1.29 is 19.1 Å². The van der Waals surface area contributed by atoms with E-state index >= 15 is 0 Å². The van der Waals surface area contributed by atoms with Gasteiger partial charge in [-0.3, -0.25) is 9.59 Å². The molecule has 1 saturated heterocycles. The number of nitrogens with zero attached hydrogens (tertiary/aromatic N) is 2. The molecule has 1 aliphatic heterocycles. The molecule has 0 N–H and O–H groups in total. The molecule has 1 aliphatic rings. The van der Waals surface area contributed by atoms with E-state index in [2.05, 4.69) is 18.7 Å². The largest absolute Gasteiger partial charge is 0.465 e. The van der Waals surface area contributed by atoms with Gasteiger partial charge in [-0.2, -0.15) is 0 Å². The standard InChI is InChI=1S/C22H24N2O4S/c1-4-23(5-2)15-10-12-16(13-11-15)24-20(25)14-19(21(24)26)29-18-9-7-6-8-17(18)22(27)28-3/h6-13,19H,4-5,14H2,1-3H3. The molecule has 1 unspecified atom stereocenters. The minimum atomic E-state index is -0.573. The molecule has 0 aliphatic carbocycles. The van der Waals surface area contributed by atoms with E-state index in [-0.39, 0.29) is 18.2 Å². The van der Waals surface area contributed by atoms with E-state index in [0.717, 1.165) is 18.8 Å². The SMILES string of the molecule is CCN(CC)c1ccc(N2C(=O)CC(Sc3ccccc3C(=O)OC)C2=O)cc1. The van der Waals surface area contributed by atoms with Crippen molar-refractivity contribution in [3.8, 4) is 0 Å². The lowest BCUT2D eigenvalue weighted by molar-refractivity contribution is -0.121. The fraction of sp³-hybridized carbons (Fsp3) is 0.318. The third-order valence-corrected chi connectivity index (χ3v) is 6.17. The maximum absolute atomic E-state index is 13.0. The van der Waals surface area contributed by atoms with Gasteiger partial charge in [-0.25, -0.2) is 9.69 Å². The number of rotatable bonds is 7. The highest BCUT2D eigenvalue weighted by atomic mass is 32.2. The second-order valence-electron chi connectivity index (χ2n) is 6.55. The van der Waals surface area contributed by atoms with E-state index in [1.165, 1.54) is 23.8 Å². The molecule has 0 spiro atoms. The molecule has 1 heterocycles. The van der Waals surface area contributed by atoms with E-state index in [1.54, 1.807) is 36.4 Å². The Bertz CT molecular complexity index is 909. The third-order valence-electron chi connectivity index (χ3n) is 4.90. The highest BCUT2D eigenvalue weighted by Gasteiger charge is 2.40. The van der Waals surface area contributed by atoms with Crippen LogP contribution < -0.4 is 9.80 Å². The van der Waals surface area contributed by atoms with Crippen LogP contribution in [-0.4, -0.2) is 43.2 Å². The lowest BCUT2D eigenvalue weighted by Crippen LogP contribution is -2.31. The van der Waals surface area contributed by atoms with E-state index in [1.807, 2.05) is 12.1 Å². The Morgan fingerprint density at radius 1 is 1.10 bits per heavy atom. The van der Waals surface area contributed by atoms with Gasteiger partial charge in [-0.05, 0) is 50.2 Å². The minimum absolute atomic E-state index is 0.0941. The van der Waals surface area contributed by atoms with Gasteiger partial charge in [-0.1, -0.05) is 12.1 Å². The first-order valence-corrected chi connectivity index (χ1v) is 10.4. The maximum Gasteiger partial charge on any atom is 0.338 e. The smallest absolute Gasteiger partial charge is 0.338 e. The molecule has 3 rings (SSSR count). The summed E-state index contributed by atoms with van der Waals surface area (Å²) in [4.78, 5) is 41.6. The van der Waals surface area contributed by atoms with Crippen LogP contribution in [0, 0.1) is 0 Å². The summed E-state index contributed by atoms with van der Waals surface area (Å²) in [5, 5.41) is -0.573. The Balaban J connectivity index is 1.80. The zero-order chi connectivity index (χ0) is 21.0. The van der Waals surface area contributed by atoms with E-state index in [0.29, 0.717) is 16.1 Å². The first kappa shape index (κ1) is 20.9. The van der Waals surface area contributed by atoms with Crippen LogP contribution in [-0.2, 0) is 14.3 Å². The lowest BCUT2D eigenvalue weighted by Gasteiger charge is -2.22. The average Bonchev–Trinajstić information content (AvgIpc) is 3.02. The molecule has 0 bridgehead atoms. The van der Waals surface area contributed by atoms with E-state index in [4.69, 9.17) is 4.74 Å². The van der Waals surface area contributed by atoms with Gasteiger partial charge in [0.15, 0.2) is 0 Å². The van der Waals surface area contributed by atoms with Crippen LogP contribution in [0.25, 0.3) is 0 Å². The molecule has 152 valence electrons. The quantitative estimate of drug-likeness (QED) is 0.510. The number of hydrogen-bond acceptors (Lipinski definition) is 6. The van der Waals surface area contributed by atoms with Gasteiger partial charge in [-0.15, -0.1) is 11.8 Å². The highest BCUT2D eigenvalue weighted by Crippen LogP contribution is 2.36. The van der Waals surface area contributed by atoms with Crippen molar-refractivity contribution >= 4 is 40.9 Å². The van der Waals surface area contributed by atoms with Crippen LogP contribution in [0.1, 0.15) is 30.6 Å². The van der Waals surface area contributed by atoms with Crippen molar-refractivity contribution in [2.45, 2.75) is 30.4 Å². The minimum Gasteiger partial charge on any atom is -0.465 e. The number of amides is 2. The second kappa shape index (κ2) is 9.13. The number of carbonyl (C=O) groups excluding carboxylic acids is 3. The summed E-state index contributed by atoms with van der Waals surface area (Å²) >= 11 is 1.23. The summed E-state index contributed by atoms with van der Waals surface area (Å²) in [7, 11) is 1.32. The monoisotopic (exact) mass is 412 g/mol. The van der Waals surface area contributed by atoms with E-state index < -0.39 is 11.2 Å². The van der Waals surface area contributed by atoms with Crippen LogP contribution >= 0.6 is 11.8 Å². The summed E-state index contributed by atoms with van der Waals surface area (Å²) in [5.41, 5.74) is 2.01. The van der Waals surface area contributed by atoms with Crippen molar-refractivity contribution in [1.29, 1.82) is 0 Å². The molecule has 0 saturated carbocycles. The van der Waals surface area contributed by atoms with Crippen LogP contribution in [0.3, 0.4) is 0 Å². The van der Waals surface area contributed by atoms with Crippen molar-refractivity contribution in [3.05, 3.63) is 54.1 Å². The fourth-order valence-corrected chi connectivity index (χ4v) is 4.54. The predicted molar refractivity (Wildman–Crippen MR) is 115 cm³/mol. The molecule has 0 radical (unpaired) electrons. The van der Waals surface area contributed by atoms with Crippen LogP contribution in [0.15, 0.2) is 53.4 Å². The van der Waals surface area contributed by atoms with Crippen molar-refractivity contribution in [1.82, 2.24) is 0 Å². The molecular formula is C22H24N2O4S. The number of methoxy groups -OCH3 is 1. The summed E-state index contributed by atoms with van der Waals surface area (Å²) in [6, 6.07) is 14.4. The molecule has 1 fully saturated rings. The topological polar surface area (TPSA) is 66.9 Å². The first-order valence-electron chi connectivity index (χ1n) is 9.55. The number of esters is 1. The molecule has 7 heteroatoms. The van der Waals surface area contributed by atoms with E-state index in [9.17, 15) is 14.4 Å². The number of anilines is 2. The zero-order valence-electron chi connectivity index (χ0n) is 16.8. The number of imide groups is 1. The van der Waals surface area contributed by atoms with Gasteiger partial charge < -0.3 is 9.64 Å². The van der Waals surface area contributed by atoms with Gasteiger partial charge >= 0.3 is 5.97 Å². The molecule has 6 nitrogen and oxygen atoms in total. The van der Waals surface area contributed by atoms with Gasteiger partial charge in [0, 0.05) is 30.1 Å². The Kier molecular flexibility index (Phi) is 6.59. The molecule has 2 aromatic carbocycles. The zero-order valence-corrected chi connectivity index (χ0v) is 17.6. The molecule has 29 heavy (non-hydrogen) atoms. The summed E-state index contributed by atoms with van der Waals surface area (Å²) in [6.45, 7) is 5.93. The lowest BCUT2D eigenvalue weighted by atomic mass is 10.2. The normalized spacial score (nSPS) is 16.2. The van der Waals surface area contributed by atoms with Crippen LogP contribution in [0.5, 0.6) is 0 Å². The molecule has 1 atom stereocenters. The summed E-state index contributed by atoms with van der Waals surface area (Å²) < 4.78 is 4.81. The van der Waals surface area contributed by atoms with Gasteiger partial charge in [0.05, 0.1) is 23.6 Å². The van der Waals surface area contributed by atoms with Crippen LogP contribution in [0.4, 0.5) is 11.4 Å². The van der Waals surface area contributed by atoms with Gasteiger partial charge in [0.25, 0.3) is 0 Å². The molecule has 0 aromatic heterocycles. The Morgan fingerprint density at radius 3 is 2.38 bits per heavy atom. The number of benzene rings is 2. The number of thioether (sulfide) groups is 1. The summed E-state index contributed by atoms with van der Waals surface area (Å²) in [6.07, 6.45) is 0.0941. The fourth-order valence-electron chi connectivity index (χ4n) is 3.37. The number of carbonyl (C=O) groups is 3. The van der Waals surface area contributed by atoms with Crippen molar-refractivity contribution in [3.63, 3.8) is 0 Å². The Labute approximate surface area is 174 Å². The second-order valence-corrected chi connectivity index (χ2v) is 7.80. The van der Waals surface area contributed by atoms with Crippen molar-refractivity contribution in [2.24, 2.45) is 0 Å². The Hall–Kier alpha value is -2.80. The highest BCUT2D eigenvalue weighted by molar-refractivity contribution is 8.00. The predicted octanol–water partition coefficient (Wildman–Crippen LogP) is 3.74. The van der Waals surface area contributed by atoms with Gasteiger partial charge in [0.1, 0.15) is 0 Å². The molecule has 2 amide bonds. The number of ether oxygens (including phenoxy) is 1. The maximum atomic E-state index is 13.0. The third kappa shape index (κ3) is 4.29. The Morgan fingerprint density at radius 2 is 1.76 bits per heavy atom. The average molecular weight is 413 g/mol.